The van der Waals surface area contributed by atoms with Crippen molar-refractivity contribution in [3.05, 3.63) is 48.4 Å². The first-order valence-electron chi connectivity index (χ1n) is 4.71. The molecule has 0 radical (unpaired) electrons. The number of halogens is 1. The topological polar surface area (TPSA) is 31.4 Å². The summed E-state index contributed by atoms with van der Waals surface area (Å²) in [5.74, 6) is 1.34. The molecule has 2 rings (SSSR count). The van der Waals surface area contributed by atoms with Gasteiger partial charge in [-0.15, -0.1) is 0 Å². The Balaban J connectivity index is 2.11. The Morgan fingerprint density at radius 2 is 1.69 bits per heavy atom. The third-order valence-electron chi connectivity index (χ3n) is 1.98. The Kier molecular flexibility index (Phi) is 3.00. The predicted molar refractivity (Wildman–Crippen MR) is 57.3 cm³/mol. The van der Waals surface area contributed by atoms with Crippen molar-refractivity contribution in [2.24, 2.45) is 0 Å². The van der Waals surface area contributed by atoms with E-state index in [0.717, 1.165) is 11.9 Å². The zero-order valence-electron chi connectivity index (χ0n) is 8.68. The molecule has 0 saturated heterocycles. The van der Waals surface area contributed by atoms with Crippen LogP contribution in [0.15, 0.2) is 42.6 Å². The van der Waals surface area contributed by atoms with Crippen molar-refractivity contribution in [1.29, 1.82) is 0 Å². The normalized spacial score (nSPS) is 9.88. The van der Waals surface area contributed by atoms with Gasteiger partial charge >= 0.3 is 0 Å². The fourth-order valence-corrected chi connectivity index (χ4v) is 1.19. The number of nitrogens with zero attached hydrogens (tertiary/aromatic N) is 1. The van der Waals surface area contributed by atoms with Gasteiger partial charge in [-0.05, 0) is 30.3 Å². The van der Waals surface area contributed by atoms with Crippen molar-refractivity contribution < 1.29 is 13.9 Å². The van der Waals surface area contributed by atoms with Crippen LogP contribution in [0.25, 0.3) is 0 Å². The predicted octanol–water partition coefficient (Wildman–Crippen LogP) is 3.02. The maximum Gasteiger partial charge on any atom is 0.219 e. The van der Waals surface area contributed by atoms with Crippen LogP contribution in [0.2, 0.25) is 0 Å². The number of aromatic nitrogens is 1. The summed E-state index contributed by atoms with van der Waals surface area (Å²) in [4.78, 5) is 3.79. The molecule has 0 amide bonds. The Morgan fingerprint density at radius 1 is 1.00 bits per heavy atom. The van der Waals surface area contributed by atoms with Crippen molar-refractivity contribution in [2.45, 2.75) is 0 Å². The highest BCUT2D eigenvalue weighted by Gasteiger charge is 1.99. The summed E-state index contributed by atoms with van der Waals surface area (Å²) in [5.41, 5.74) is 0. The third kappa shape index (κ3) is 2.48. The van der Waals surface area contributed by atoms with Crippen LogP contribution >= 0.6 is 0 Å². The summed E-state index contributed by atoms with van der Waals surface area (Å²) in [6, 6.07) is 9.83. The lowest BCUT2D eigenvalue weighted by Crippen LogP contribution is -1.88. The lowest BCUT2D eigenvalue weighted by molar-refractivity contribution is 0.412. The number of methoxy groups -OCH3 is 1. The van der Waals surface area contributed by atoms with Gasteiger partial charge in [-0.25, -0.2) is 9.37 Å². The number of ether oxygens (including phenoxy) is 2. The lowest BCUT2D eigenvalue weighted by atomic mass is 10.3. The van der Waals surface area contributed by atoms with Gasteiger partial charge in [0.2, 0.25) is 5.88 Å². The van der Waals surface area contributed by atoms with Gasteiger partial charge in [-0.3, -0.25) is 0 Å². The van der Waals surface area contributed by atoms with Gasteiger partial charge in [-0.2, -0.15) is 0 Å². The molecule has 82 valence electrons. The number of benzene rings is 1. The Morgan fingerprint density at radius 3 is 2.25 bits per heavy atom. The maximum absolute atomic E-state index is 12.6. The van der Waals surface area contributed by atoms with Crippen molar-refractivity contribution in [1.82, 2.24) is 4.98 Å². The minimum absolute atomic E-state index is 0.353. The minimum atomic E-state index is -0.387. The standard InChI is InChI=1S/C12H10FNO2/c1-15-10-3-5-11(6-4-10)16-12-7-2-9(13)8-14-12/h2-8H,1H3. The molecule has 0 fully saturated rings. The van der Waals surface area contributed by atoms with E-state index in [2.05, 4.69) is 4.98 Å². The molecule has 0 saturated carbocycles. The molecule has 1 heterocycles. The fraction of sp³-hybridized carbons (Fsp3) is 0.0833. The summed E-state index contributed by atoms with van der Waals surface area (Å²) in [5, 5.41) is 0. The molecule has 0 atom stereocenters. The summed E-state index contributed by atoms with van der Waals surface area (Å²) < 4.78 is 23.0. The Bertz CT molecular complexity index is 453. The Labute approximate surface area is 92.5 Å². The first kappa shape index (κ1) is 10.4. The second kappa shape index (κ2) is 4.61. The van der Waals surface area contributed by atoms with E-state index in [4.69, 9.17) is 9.47 Å². The van der Waals surface area contributed by atoms with Crippen LogP contribution in [0.4, 0.5) is 4.39 Å². The van der Waals surface area contributed by atoms with Crippen LogP contribution in [0.3, 0.4) is 0 Å². The van der Waals surface area contributed by atoms with Gasteiger partial charge in [0.15, 0.2) is 0 Å². The van der Waals surface area contributed by atoms with Gasteiger partial charge < -0.3 is 9.47 Å². The molecule has 3 nitrogen and oxygen atoms in total. The molecule has 2 aromatic rings. The SMILES string of the molecule is COc1ccc(Oc2ccc(F)cn2)cc1. The van der Waals surface area contributed by atoms with Gasteiger partial charge in [0.1, 0.15) is 17.3 Å². The molecule has 0 N–H and O–H groups in total. The average Bonchev–Trinajstić information content (AvgIpc) is 2.33. The summed E-state index contributed by atoms with van der Waals surface area (Å²) in [6.07, 6.45) is 1.11. The quantitative estimate of drug-likeness (QED) is 0.795. The third-order valence-corrected chi connectivity index (χ3v) is 1.98. The van der Waals surface area contributed by atoms with Gasteiger partial charge in [0.25, 0.3) is 0 Å². The van der Waals surface area contributed by atoms with Crippen molar-refractivity contribution in [2.75, 3.05) is 7.11 Å². The minimum Gasteiger partial charge on any atom is -0.497 e. The molecule has 0 spiro atoms. The molecular weight excluding hydrogens is 209 g/mol. The van der Waals surface area contributed by atoms with Crippen LogP contribution in [-0.2, 0) is 0 Å². The average molecular weight is 219 g/mol. The molecular formula is C12H10FNO2. The first-order chi connectivity index (χ1) is 7.78. The van der Waals surface area contributed by atoms with E-state index in [0.29, 0.717) is 11.6 Å². The van der Waals surface area contributed by atoms with E-state index >= 15 is 0 Å². The van der Waals surface area contributed by atoms with Crippen LogP contribution in [0, 0.1) is 5.82 Å². The molecule has 0 unspecified atom stereocenters. The second-order valence-corrected chi connectivity index (χ2v) is 3.09. The highest BCUT2D eigenvalue weighted by Crippen LogP contribution is 2.21. The fourth-order valence-electron chi connectivity index (χ4n) is 1.19. The molecule has 0 aliphatic carbocycles. The summed E-state index contributed by atoms with van der Waals surface area (Å²) in [7, 11) is 1.59. The smallest absolute Gasteiger partial charge is 0.219 e. The van der Waals surface area contributed by atoms with Gasteiger partial charge in [-0.1, -0.05) is 0 Å². The number of pyridine rings is 1. The molecule has 0 aliphatic heterocycles. The highest BCUT2D eigenvalue weighted by atomic mass is 19.1. The molecule has 1 aromatic carbocycles. The van der Waals surface area contributed by atoms with Gasteiger partial charge in [0, 0.05) is 6.07 Å². The van der Waals surface area contributed by atoms with Crippen LogP contribution in [-0.4, -0.2) is 12.1 Å². The molecule has 1 aromatic heterocycles. The highest BCUT2D eigenvalue weighted by molar-refractivity contribution is 5.33. The lowest BCUT2D eigenvalue weighted by Gasteiger charge is -2.05. The van der Waals surface area contributed by atoms with Crippen LogP contribution < -0.4 is 9.47 Å². The van der Waals surface area contributed by atoms with E-state index in [1.54, 1.807) is 31.4 Å². The van der Waals surface area contributed by atoms with E-state index in [1.165, 1.54) is 12.1 Å². The second-order valence-electron chi connectivity index (χ2n) is 3.09. The summed E-state index contributed by atoms with van der Waals surface area (Å²) >= 11 is 0. The van der Waals surface area contributed by atoms with E-state index in [-0.39, 0.29) is 5.82 Å². The van der Waals surface area contributed by atoms with Crippen molar-refractivity contribution in [3.63, 3.8) is 0 Å². The largest absolute Gasteiger partial charge is 0.497 e. The monoisotopic (exact) mass is 219 g/mol. The van der Waals surface area contributed by atoms with E-state index in [9.17, 15) is 4.39 Å². The number of hydrogen-bond acceptors (Lipinski definition) is 3. The van der Waals surface area contributed by atoms with Crippen LogP contribution in [0.5, 0.6) is 17.4 Å². The molecule has 0 bridgehead atoms. The zero-order chi connectivity index (χ0) is 11.4. The van der Waals surface area contributed by atoms with E-state index < -0.39 is 0 Å². The van der Waals surface area contributed by atoms with Crippen LogP contribution in [0.1, 0.15) is 0 Å². The number of rotatable bonds is 3. The van der Waals surface area contributed by atoms with E-state index in [1.807, 2.05) is 0 Å². The van der Waals surface area contributed by atoms with Crippen molar-refractivity contribution >= 4 is 0 Å². The Hall–Kier alpha value is -2.10. The molecule has 0 aliphatic rings. The summed E-state index contributed by atoms with van der Waals surface area (Å²) in [6.45, 7) is 0. The molecule has 4 heteroatoms. The number of hydrogen-bond donors (Lipinski definition) is 0. The molecule has 16 heavy (non-hydrogen) atoms. The maximum atomic E-state index is 12.6. The van der Waals surface area contributed by atoms with Crippen molar-refractivity contribution in [3.8, 4) is 17.4 Å². The van der Waals surface area contributed by atoms with Gasteiger partial charge in [0.05, 0.1) is 13.3 Å². The first-order valence-corrected chi connectivity index (χ1v) is 4.71. The zero-order valence-corrected chi connectivity index (χ0v) is 8.68.